The lowest BCUT2D eigenvalue weighted by Crippen LogP contribution is -1.90. The van der Waals surface area contributed by atoms with Gasteiger partial charge in [-0.25, -0.2) is 0 Å². The highest BCUT2D eigenvalue weighted by Gasteiger charge is 2.14. The van der Waals surface area contributed by atoms with E-state index < -0.39 is 4.92 Å². The van der Waals surface area contributed by atoms with Crippen molar-refractivity contribution in [1.29, 1.82) is 0 Å². The van der Waals surface area contributed by atoms with Crippen LogP contribution in [0.1, 0.15) is 0 Å². The summed E-state index contributed by atoms with van der Waals surface area (Å²) >= 11 is 18.6. The molecule has 0 radical (unpaired) electrons. The van der Waals surface area contributed by atoms with Crippen molar-refractivity contribution in [2.75, 3.05) is 11.6 Å². The van der Waals surface area contributed by atoms with Crippen molar-refractivity contribution in [3.05, 3.63) is 32.3 Å². The molecule has 0 aliphatic rings. The lowest BCUT2D eigenvalue weighted by atomic mass is 10.3. The average Bonchev–Trinajstić information content (AvgIpc) is 2.16. The molecule has 0 amide bonds. The van der Waals surface area contributed by atoms with E-state index in [-0.39, 0.29) is 15.7 Å². The second-order valence-electron chi connectivity index (χ2n) is 2.53. The smallest absolute Gasteiger partial charge is 0.258 e. The van der Waals surface area contributed by atoms with E-state index in [2.05, 4.69) is 0 Å². The first-order valence-corrected chi connectivity index (χ1v) is 6.16. The van der Waals surface area contributed by atoms with Crippen molar-refractivity contribution in [3.8, 4) is 0 Å². The molecule has 0 aliphatic heterocycles. The molecule has 1 aromatic carbocycles. The zero-order valence-electron chi connectivity index (χ0n) is 7.37. The topological polar surface area (TPSA) is 43.1 Å². The number of alkyl halides is 1. The molecule has 7 heteroatoms. The Morgan fingerprint density at radius 1 is 1.33 bits per heavy atom. The van der Waals surface area contributed by atoms with Gasteiger partial charge in [0.1, 0.15) is 0 Å². The van der Waals surface area contributed by atoms with Crippen LogP contribution in [0.25, 0.3) is 0 Å². The maximum absolute atomic E-state index is 10.5. The molecule has 0 aliphatic carbocycles. The molecule has 1 rings (SSSR count). The number of hydrogen-bond donors (Lipinski definition) is 0. The van der Waals surface area contributed by atoms with Gasteiger partial charge in [0.15, 0.2) is 0 Å². The number of nitro benzene ring substituents is 1. The van der Waals surface area contributed by atoms with Crippen LogP contribution in [0.5, 0.6) is 0 Å². The molecular weight excluding hydrogens is 281 g/mol. The third-order valence-electron chi connectivity index (χ3n) is 1.52. The quantitative estimate of drug-likeness (QED) is 0.360. The molecule has 0 unspecified atom stereocenters. The molecule has 15 heavy (non-hydrogen) atoms. The Bertz CT molecular complexity index is 363. The highest BCUT2D eigenvalue weighted by molar-refractivity contribution is 7.99. The standard InChI is InChI=1S/C8H6Cl3NO2S/c9-1-2-15-8-6(10)3-5(12(13)14)4-7(8)11/h3-4H,1-2H2. The van der Waals surface area contributed by atoms with Gasteiger partial charge in [0.2, 0.25) is 0 Å². The summed E-state index contributed by atoms with van der Waals surface area (Å²) in [6, 6.07) is 2.56. The van der Waals surface area contributed by atoms with Gasteiger partial charge in [-0.3, -0.25) is 10.1 Å². The lowest BCUT2D eigenvalue weighted by molar-refractivity contribution is -0.384. The Kier molecular flexibility index (Phi) is 4.99. The van der Waals surface area contributed by atoms with Gasteiger partial charge in [-0.1, -0.05) is 23.2 Å². The minimum atomic E-state index is -0.534. The van der Waals surface area contributed by atoms with E-state index in [1.165, 1.54) is 23.9 Å². The molecule has 0 saturated heterocycles. The molecule has 0 spiro atoms. The maximum Gasteiger partial charge on any atom is 0.272 e. The summed E-state index contributed by atoms with van der Waals surface area (Å²) < 4.78 is 0. The number of benzene rings is 1. The van der Waals surface area contributed by atoms with Gasteiger partial charge < -0.3 is 0 Å². The SMILES string of the molecule is O=[N+]([O-])c1cc(Cl)c(SCCCl)c(Cl)c1. The van der Waals surface area contributed by atoms with Gasteiger partial charge in [0.05, 0.1) is 15.0 Å². The minimum absolute atomic E-state index is 0.111. The predicted molar refractivity (Wildman–Crippen MR) is 64.6 cm³/mol. The summed E-state index contributed by atoms with van der Waals surface area (Å²) in [5, 5.41) is 11.1. The number of rotatable bonds is 4. The number of hydrogen-bond acceptors (Lipinski definition) is 3. The van der Waals surface area contributed by atoms with Crippen LogP contribution in [0.15, 0.2) is 17.0 Å². The van der Waals surface area contributed by atoms with E-state index in [1.54, 1.807) is 0 Å². The molecule has 0 heterocycles. The van der Waals surface area contributed by atoms with Crippen molar-refractivity contribution < 1.29 is 4.92 Å². The molecule has 1 aromatic rings. The van der Waals surface area contributed by atoms with Gasteiger partial charge in [-0.15, -0.1) is 23.4 Å². The van der Waals surface area contributed by atoms with Gasteiger partial charge in [0, 0.05) is 28.7 Å². The van der Waals surface area contributed by atoms with Crippen molar-refractivity contribution in [3.63, 3.8) is 0 Å². The monoisotopic (exact) mass is 285 g/mol. The summed E-state index contributed by atoms with van der Waals surface area (Å²) in [6.07, 6.45) is 0. The van der Waals surface area contributed by atoms with Gasteiger partial charge in [-0.2, -0.15) is 0 Å². The van der Waals surface area contributed by atoms with E-state index in [4.69, 9.17) is 34.8 Å². The molecule has 0 N–H and O–H groups in total. The summed E-state index contributed by atoms with van der Waals surface area (Å²) in [5.74, 6) is 1.12. The van der Waals surface area contributed by atoms with Crippen LogP contribution in [-0.4, -0.2) is 16.6 Å². The molecule has 0 fully saturated rings. The second kappa shape index (κ2) is 5.80. The third kappa shape index (κ3) is 3.41. The second-order valence-corrected chi connectivity index (χ2v) is 4.83. The summed E-state index contributed by atoms with van der Waals surface area (Å²) in [7, 11) is 0. The highest BCUT2D eigenvalue weighted by Crippen LogP contribution is 2.37. The zero-order chi connectivity index (χ0) is 11.4. The Hall–Kier alpha value is -0.160. The molecule has 0 bridgehead atoms. The molecular formula is C8H6Cl3NO2S. The van der Waals surface area contributed by atoms with E-state index in [0.29, 0.717) is 16.5 Å². The van der Waals surface area contributed by atoms with Crippen LogP contribution in [0.4, 0.5) is 5.69 Å². The van der Waals surface area contributed by atoms with Crippen LogP contribution < -0.4 is 0 Å². The predicted octanol–water partition coefficient (Wildman–Crippen LogP) is 4.23. The Morgan fingerprint density at radius 3 is 2.27 bits per heavy atom. The van der Waals surface area contributed by atoms with Crippen LogP contribution in [0, 0.1) is 10.1 Å². The van der Waals surface area contributed by atoms with Crippen molar-refractivity contribution in [2.24, 2.45) is 0 Å². The fourth-order valence-electron chi connectivity index (χ4n) is 0.930. The number of nitro groups is 1. The average molecular weight is 287 g/mol. The van der Waals surface area contributed by atoms with Crippen LogP contribution in [-0.2, 0) is 0 Å². The number of thioether (sulfide) groups is 1. The van der Waals surface area contributed by atoms with E-state index >= 15 is 0 Å². The molecule has 0 atom stereocenters. The van der Waals surface area contributed by atoms with Crippen molar-refractivity contribution in [1.82, 2.24) is 0 Å². The normalized spacial score (nSPS) is 10.3. The van der Waals surface area contributed by atoms with Crippen molar-refractivity contribution in [2.45, 2.75) is 4.90 Å². The first-order chi connectivity index (χ1) is 7.06. The zero-order valence-corrected chi connectivity index (χ0v) is 10.5. The Morgan fingerprint density at radius 2 is 1.87 bits per heavy atom. The van der Waals surface area contributed by atoms with E-state index in [0.717, 1.165) is 0 Å². The van der Waals surface area contributed by atoms with Crippen LogP contribution in [0.2, 0.25) is 10.0 Å². The molecule has 82 valence electrons. The lowest BCUT2D eigenvalue weighted by Gasteiger charge is -2.05. The fraction of sp³-hybridized carbons (Fsp3) is 0.250. The van der Waals surface area contributed by atoms with Gasteiger partial charge in [-0.05, 0) is 0 Å². The first kappa shape index (κ1) is 12.9. The summed E-state index contributed by atoms with van der Waals surface area (Å²) in [4.78, 5) is 10.6. The van der Waals surface area contributed by atoms with Gasteiger partial charge >= 0.3 is 0 Å². The summed E-state index contributed by atoms with van der Waals surface area (Å²) in [6.45, 7) is 0. The molecule has 3 nitrogen and oxygen atoms in total. The Balaban J connectivity index is 3.04. The van der Waals surface area contributed by atoms with Crippen LogP contribution >= 0.6 is 46.6 Å². The van der Waals surface area contributed by atoms with Crippen molar-refractivity contribution >= 4 is 52.3 Å². The largest absolute Gasteiger partial charge is 0.272 e. The minimum Gasteiger partial charge on any atom is -0.258 e. The molecule has 0 saturated carbocycles. The Labute approximate surface area is 106 Å². The van der Waals surface area contributed by atoms with E-state index in [9.17, 15) is 10.1 Å². The van der Waals surface area contributed by atoms with E-state index in [1.807, 2.05) is 0 Å². The van der Waals surface area contributed by atoms with Crippen LogP contribution in [0.3, 0.4) is 0 Å². The molecule has 0 aromatic heterocycles. The third-order valence-corrected chi connectivity index (χ3v) is 3.89. The fourth-order valence-corrected chi connectivity index (χ4v) is 2.64. The van der Waals surface area contributed by atoms with Gasteiger partial charge in [0.25, 0.3) is 5.69 Å². The number of non-ortho nitro benzene ring substituents is 1. The number of nitrogens with zero attached hydrogens (tertiary/aromatic N) is 1. The first-order valence-electron chi connectivity index (χ1n) is 3.88. The highest BCUT2D eigenvalue weighted by atomic mass is 35.5. The number of halogens is 3. The maximum atomic E-state index is 10.5. The summed E-state index contributed by atoms with van der Waals surface area (Å²) in [5.41, 5.74) is -0.111.